The van der Waals surface area contributed by atoms with E-state index < -0.39 is 6.10 Å². The topological polar surface area (TPSA) is 29.5 Å². The number of benzene rings is 1. The van der Waals surface area contributed by atoms with Gasteiger partial charge in [-0.05, 0) is 13.0 Å². The molecule has 1 aromatic carbocycles. The van der Waals surface area contributed by atoms with E-state index in [0.717, 1.165) is 0 Å². The van der Waals surface area contributed by atoms with Crippen LogP contribution in [0.5, 0.6) is 5.75 Å². The first-order valence-electron chi connectivity index (χ1n) is 3.94. The monoisotopic (exact) mass is 218 g/mol. The summed E-state index contributed by atoms with van der Waals surface area (Å²) in [5, 5.41) is 10.5. The van der Waals surface area contributed by atoms with Crippen LogP contribution in [0.15, 0.2) is 12.1 Å². The number of halogens is 2. The van der Waals surface area contributed by atoms with E-state index in [1.807, 2.05) is 0 Å². The minimum Gasteiger partial charge on any atom is -0.486 e. The summed E-state index contributed by atoms with van der Waals surface area (Å²) in [6, 6.07) is 3.39. The zero-order valence-corrected chi connectivity index (χ0v) is 8.43. The highest BCUT2D eigenvalue weighted by molar-refractivity contribution is 6.43. The van der Waals surface area contributed by atoms with Crippen LogP contribution in [0.4, 0.5) is 0 Å². The smallest absolute Gasteiger partial charge is 0.145 e. The second-order valence-corrected chi connectivity index (χ2v) is 3.83. The van der Waals surface area contributed by atoms with Crippen molar-refractivity contribution in [2.45, 2.75) is 19.1 Å². The average Bonchev–Trinajstić information content (AvgIpc) is 2.38. The second-order valence-electron chi connectivity index (χ2n) is 3.05. The number of aliphatic hydroxyl groups is 1. The maximum Gasteiger partial charge on any atom is 0.145 e. The average molecular weight is 219 g/mol. The quantitative estimate of drug-likeness (QED) is 0.726. The van der Waals surface area contributed by atoms with Crippen LogP contribution in [-0.2, 0) is 0 Å². The van der Waals surface area contributed by atoms with Crippen molar-refractivity contribution in [1.82, 2.24) is 0 Å². The molecule has 0 fully saturated rings. The van der Waals surface area contributed by atoms with Crippen molar-refractivity contribution in [3.8, 4) is 5.75 Å². The van der Waals surface area contributed by atoms with Crippen LogP contribution in [-0.4, -0.2) is 11.2 Å². The molecular formula is C9H8Cl2O2. The van der Waals surface area contributed by atoms with Crippen molar-refractivity contribution < 1.29 is 9.84 Å². The Kier molecular flexibility index (Phi) is 2.14. The van der Waals surface area contributed by atoms with E-state index in [9.17, 15) is 5.11 Å². The van der Waals surface area contributed by atoms with Crippen LogP contribution >= 0.6 is 23.2 Å². The van der Waals surface area contributed by atoms with Crippen LogP contribution in [0.25, 0.3) is 0 Å². The predicted octanol–water partition coefficient (Wildman–Crippen LogP) is 2.81. The summed E-state index contributed by atoms with van der Waals surface area (Å²) in [5.41, 5.74) is 0.710. The van der Waals surface area contributed by atoms with Gasteiger partial charge in [0.05, 0.1) is 5.02 Å². The Bertz CT molecular complexity index is 352. The molecule has 0 saturated carbocycles. The summed E-state index contributed by atoms with van der Waals surface area (Å²) < 4.78 is 5.36. The lowest BCUT2D eigenvalue weighted by molar-refractivity contribution is 0.0796. The van der Waals surface area contributed by atoms with Crippen molar-refractivity contribution in [1.29, 1.82) is 0 Å². The summed E-state index contributed by atoms with van der Waals surface area (Å²) in [6.45, 7) is 1.79. The van der Waals surface area contributed by atoms with E-state index in [-0.39, 0.29) is 6.10 Å². The molecule has 70 valence electrons. The third-order valence-electron chi connectivity index (χ3n) is 2.15. The maximum absolute atomic E-state index is 9.64. The molecule has 13 heavy (non-hydrogen) atoms. The summed E-state index contributed by atoms with van der Waals surface area (Å²) >= 11 is 11.7. The Morgan fingerprint density at radius 3 is 2.77 bits per heavy atom. The van der Waals surface area contributed by atoms with Gasteiger partial charge in [-0.25, -0.2) is 0 Å². The molecule has 2 rings (SSSR count). The maximum atomic E-state index is 9.64. The van der Waals surface area contributed by atoms with E-state index in [1.165, 1.54) is 0 Å². The van der Waals surface area contributed by atoms with Gasteiger partial charge in [0.15, 0.2) is 0 Å². The molecule has 2 unspecified atom stereocenters. The molecule has 0 spiro atoms. The molecule has 4 heteroatoms. The molecular weight excluding hydrogens is 211 g/mol. The van der Waals surface area contributed by atoms with Crippen molar-refractivity contribution in [2.75, 3.05) is 0 Å². The minimum absolute atomic E-state index is 0.258. The van der Waals surface area contributed by atoms with Crippen LogP contribution in [0.1, 0.15) is 18.6 Å². The lowest BCUT2D eigenvalue weighted by Gasteiger charge is -2.06. The Labute approximate surface area is 86.0 Å². The normalized spacial score (nSPS) is 25.5. The largest absolute Gasteiger partial charge is 0.486 e. The predicted molar refractivity (Wildman–Crippen MR) is 51.5 cm³/mol. The lowest BCUT2D eigenvalue weighted by atomic mass is 10.1. The Morgan fingerprint density at radius 2 is 2.08 bits per heavy atom. The van der Waals surface area contributed by atoms with Crippen LogP contribution < -0.4 is 4.74 Å². The number of hydrogen-bond acceptors (Lipinski definition) is 2. The van der Waals surface area contributed by atoms with Gasteiger partial charge in [-0.3, -0.25) is 0 Å². The Balaban J connectivity index is 2.57. The van der Waals surface area contributed by atoms with Crippen LogP contribution in [0.2, 0.25) is 10.0 Å². The highest BCUT2D eigenvalue weighted by Crippen LogP contribution is 2.44. The van der Waals surface area contributed by atoms with Gasteiger partial charge in [0.1, 0.15) is 23.0 Å². The SMILES string of the molecule is CC1Oc2c(ccc(Cl)c2Cl)C1O. The van der Waals surface area contributed by atoms with E-state index in [0.29, 0.717) is 21.4 Å². The van der Waals surface area contributed by atoms with Gasteiger partial charge < -0.3 is 9.84 Å². The van der Waals surface area contributed by atoms with E-state index in [4.69, 9.17) is 27.9 Å². The van der Waals surface area contributed by atoms with Gasteiger partial charge in [0, 0.05) is 5.56 Å². The highest BCUT2D eigenvalue weighted by Gasteiger charge is 2.31. The van der Waals surface area contributed by atoms with Gasteiger partial charge in [-0.1, -0.05) is 29.3 Å². The molecule has 1 aromatic rings. The van der Waals surface area contributed by atoms with E-state index in [1.54, 1.807) is 19.1 Å². The van der Waals surface area contributed by atoms with Crippen LogP contribution in [0.3, 0.4) is 0 Å². The first-order valence-corrected chi connectivity index (χ1v) is 4.69. The molecule has 2 atom stereocenters. The van der Waals surface area contributed by atoms with Crippen molar-refractivity contribution in [3.63, 3.8) is 0 Å². The molecule has 1 heterocycles. The fraction of sp³-hybridized carbons (Fsp3) is 0.333. The third kappa shape index (κ3) is 1.30. The highest BCUT2D eigenvalue weighted by atomic mass is 35.5. The molecule has 0 radical (unpaired) electrons. The molecule has 2 nitrogen and oxygen atoms in total. The van der Waals surface area contributed by atoms with Gasteiger partial charge in [0.2, 0.25) is 0 Å². The number of fused-ring (bicyclic) bond motifs is 1. The first-order chi connectivity index (χ1) is 6.11. The van der Waals surface area contributed by atoms with E-state index in [2.05, 4.69) is 0 Å². The molecule has 0 bridgehead atoms. The van der Waals surface area contributed by atoms with Gasteiger partial charge >= 0.3 is 0 Å². The molecule has 0 saturated heterocycles. The second kappa shape index (κ2) is 3.05. The van der Waals surface area contributed by atoms with Crippen molar-refractivity contribution >= 4 is 23.2 Å². The zero-order chi connectivity index (χ0) is 9.59. The number of aliphatic hydroxyl groups excluding tert-OH is 1. The van der Waals surface area contributed by atoms with Crippen molar-refractivity contribution in [2.24, 2.45) is 0 Å². The molecule has 0 amide bonds. The number of hydrogen-bond donors (Lipinski definition) is 1. The fourth-order valence-corrected chi connectivity index (χ4v) is 1.77. The lowest BCUT2D eigenvalue weighted by Crippen LogP contribution is -2.12. The van der Waals surface area contributed by atoms with Crippen molar-refractivity contribution in [3.05, 3.63) is 27.7 Å². The Morgan fingerprint density at radius 1 is 1.38 bits per heavy atom. The van der Waals surface area contributed by atoms with Gasteiger partial charge in [0.25, 0.3) is 0 Å². The molecule has 1 aliphatic rings. The molecule has 0 aliphatic carbocycles. The van der Waals surface area contributed by atoms with Gasteiger partial charge in [-0.2, -0.15) is 0 Å². The van der Waals surface area contributed by atoms with Crippen LogP contribution in [0, 0.1) is 0 Å². The first kappa shape index (κ1) is 9.13. The summed E-state index contributed by atoms with van der Waals surface area (Å²) in [5.74, 6) is 0.508. The van der Waals surface area contributed by atoms with E-state index >= 15 is 0 Å². The molecule has 1 N–H and O–H groups in total. The zero-order valence-electron chi connectivity index (χ0n) is 6.92. The number of ether oxygens (including phenoxy) is 1. The Hall–Kier alpha value is -0.440. The summed E-state index contributed by atoms with van der Waals surface area (Å²) in [7, 11) is 0. The molecule has 0 aromatic heterocycles. The molecule has 1 aliphatic heterocycles. The fourth-order valence-electron chi connectivity index (χ4n) is 1.40. The number of rotatable bonds is 0. The van der Waals surface area contributed by atoms with Gasteiger partial charge in [-0.15, -0.1) is 0 Å². The minimum atomic E-state index is -0.607. The third-order valence-corrected chi connectivity index (χ3v) is 2.93. The standard InChI is InChI=1S/C9H8Cl2O2/c1-4-8(12)5-2-3-6(10)7(11)9(5)13-4/h2-4,8,12H,1H3. The summed E-state index contributed by atoms with van der Waals surface area (Å²) in [6.07, 6.45) is -0.865. The summed E-state index contributed by atoms with van der Waals surface area (Å²) in [4.78, 5) is 0.